The van der Waals surface area contributed by atoms with E-state index in [-0.39, 0.29) is 5.75 Å². The summed E-state index contributed by atoms with van der Waals surface area (Å²) in [5.41, 5.74) is 0. The predicted molar refractivity (Wildman–Crippen MR) is 53.7 cm³/mol. The number of esters is 2. The largest absolute Gasteiger partial charge is 0.451 e. The molecule has 0 saturated heterocycles. The number of ether oxygens (including phenoxy) is 2. The van der Waals surface area contributed by atoms with Crippen LogP contribution in [-0.2, 0) is 14.3 Å². The molecular formula is C11H10F2O4. The summed E-state index contributed by atoms with van der Waals surface area (Å²) in [4.78, 5) is 22.1. The van der Waals surface area contributed by atoms with E-state index < -0.39 is 24.5 Å². The zero-order valence-electron chi connectivity index (χ0n) is 8.98. The number of para-hydroxylation sites is 1. The number of benzene rings is 1. The Labute approximate surface area is 96.1 Å². The number of carbonyl (C=O) groups is 2. The van der Waals surface area contributed by atoms with Crippen molar-refractivity contribution in [3.8, 4) is 5.75 Å². The van der Waals surface area contributed by atoms with Gasteiger partial charge < -0.3 is 9.47 Å². The molecule has 0 heterocycles. The van der Waals surface area contributed by atoms with Gasteiger partial charge in [0, 0.05) is 6.92 Å². The molecule has 1 rings (SSSR count). The number of alkyl halides is 2. The lowest BCUT2D eigenvalue weighted by Crippen LogP contribution is -2.28. The number of hydrogen-bond donors (Lipinski definition) is 0. The third-order valence-electron chi connectivity index (χ3n) is 1.58. The van der Waals surface area contributed by atoms with Gasteiger partial charge in [0.25, 0.3) is 5.92 Å². The first kappa shape index (κ1) is 13.1. The highest BCUT2D eigenvalue weighted by Crippen LogP contribution is 2.12. The van der Waals surface area contributed by atoms with Crippen LogP contribution in [0.3, 0.4) is 0 Å². The van der Waals surface area contributed by atoms with Crippen LogP contribution in [0.15, 0.2) is 30.3 Å². The molecule has 0 aliphatic rings. The minimum Gasteiger partial charge on any atom is -0.451 e. The van der Waals surface area contributed by atoms with E-state index in [9.17, 15) is 18.4 Å². The second kappa shape index (κ2) is 5.38. The SMILES string of the molecule is CC(F)(F)COC(=O)C(=O)Oc1ccccc1. The molecule has 6 heteroatoms. The van der Waals surface area contributed by atoms with Gasteiger partial charge in [-0.15, -0.1) is 0 Å². The Morgan fingerprint density at radius 3 is 2.29 bits per heavy atom. The Balaban J connectivity index is 2.46. The van der Waals surface area contributed by atoms with Crippen molar-refractivity contribution in [1.29, 1.82) is 0 Å². The third kappa shape index (κ3) is 5.05. The monoisotopic (exact) mass is 244 g/mol. The molecule has 0 aliphatic carbocycles. The van der Waals surface area contributed by atoms with Crippen molar-refractivity contribution in [2.75, 3.05) is 6.61 Å². The van der Waals surface area contributed by atoms with Crippen molar-refractivity contribution in [3.63, 3.8) is 0 Å². The Hall–Kier alpha value is -1.98. The summed E-state index contributed by atoms with van der Waals surface area (Å²) in [5, 5.41) is 0. The van der Waals surface area contributed by atoms with Crippen molar-refractivity contribution in [2.45, 2.75) is 12.8 Å². The molecule has 0 unspecified atom stereocenters. The van der Waals surface area contributed by atoms with Crippen LogP contribution >= 0.6 is 0 Å². The average Bonchev–Trinajstić information content (AvgIpc) is 2.26. The fourth-order valence-electron chi connectivity index (χ4n) is 0.888. The summed E-state index contributed by atoms with van der Waals surface area (Å²) in [6.07, 6.45) is 0. The average molecular weight is 244 g/mol. The molecule has 1 aromatic rings. The predicted octanol–water partition coefficient (Wildman–Crippen LogP) is 1.79. The Morgan fingerprint density at radius 2 is 1.76 bits per heavy atom. The molecule has 0 amide bonds. The minimum atomic E-state index is -3.18. The van der Waals surface area contributed by atoms with Crippen LogP contribution in [-0.4, -0.2) is 24.5 Å². The van der Waals surface area contributed by atoms with E-state index in [0.717, 1.165) is 0 Å². The molecule has 1 aromatic carbocycles. The van der Waals surface area contributed by atoms with Crippen molar-refractivity contribution in [3.05, 3.63) is 30.3 Å². The van der Waals surface area contributed by atoms with E-state index in [0.29, 0.717) is 6.92 Å². The molecule has 92 valence electrons. The zero-order chi connectivity index (χ0) is 12.9. The summed E-state index contributed by atoms with van der Waals surface area (Å²) >= 11 is 0. The minimum absolute atomic E-state index is 0.137. The quantitative estimate of drug-likeness (QED) is 0.462. The van der Waals surface area contributed by atoms with Gasteiger partial charge in [0.15, 0.2) is 6.61 Å². The second-order valence-corrected chi connectivity index (χ2v) is 3.35. The summed E-state index contributed by atoms with van der Waals surface area (Å²) in [6, 6.07) is 7.76. The molecule has 0 aromatic heterocycles. The lowest BCUT2D eigenvalue weighted by atomic mass is 10.3. The van der Waals surface area contributed by atoms with Crippen LogP contribution in [0, 0.1) is 0 Å². The van der Waals surface area contributed by atoms with Gasteiger partial charge in [-0.3, -0.25) is 0 Å². The van der Waals surface area contributed by atoms with Crippen LogP contribution in [0.25, 0.3) is 0 Å². The standard InChI is InChI=1S/C11H10F2O4/c1-11(12,13)7-16-9(14)10(15)17-8-5-3-2-4-6-8/h2-6H,7H2,1H3. The molecule has 4 nitrogen and oxygen atoms in total. The molecule has 0 bridgehead atoms. The molecule has 17 heavy (non-hydrogen) atoms. The molecular weight excluding hydrogens is 234 g/mol. The van der Waals surface area contributed by atoms with Crippen molar-refractivity contribution in [2.24, 2.45) is 0 Å². The highest BCUT2D eigenvalue weighted by atomic mass is 19.3. The number of hydrogen-bond acceptors (Lipinski definition) is 4. The van der Waals surface area contributed by atoms with Crippen LogP contribution in [0.1, 0.15) is 6.92 Å². The third-order valence-corrected chi connectivity index (χ3v) is 1.58. The lowest BCUT2D eigenvalue weighted by molar-refractivity contribution is -0.168. The van der Waals surface area contributed by atoms with Crippen molar-refractivity contribution >= 4 is 11.9 Å². The fraction of sp³-hybridized carbons (Fsp3) is 0.273. The summed E-state index contributed by atoms with van der Waals surface area (Å²) in [5.74, 6) is -5.82. The fourth-order valence-corrected chi connectivity index (χ4v) is 0.888. The van der Waals surface area contributed by atoms with Gasteiger partial charge >= 0.3 is 11.9 Å². The van der Waals surface area contributed by atoms with E-state index in [1.54, 1.807) is 18.2 Å². The van der Waals surface area contributed by atoms with Crippen molar-refractivity contribution < 1.29 is 27.8 Å². The summed E-state index contributed by atoms with van der Waals surface area (Å²) in [6.45, 7) is -0.585. The van der Waals surface area contributed by atoms with Gasteiger partial charge in [0.05, 0.1) is 0 Å². The number of carbonyl (C=O) groups excluding carboxylic acids is 2. The Kier molecular flexibility index (Phi) is 4.14. The molecule has 0 atom stereocenters. The van der Waals surface area contributed by atoms with E-state index in [1.807, 2.05) is 0 Å². The summed E-state index contributed by atoms with van der Waals surface area (Å²) < 4.78 is 33.3. The van der Waals surface area contributed by atoms with Crippen molar-refractivity contribution in [1.82, 2.24) is 0 Å². The molecule has 0 N–H and O–H groups in total. The van der Waals surface area contributed by atoms with Gasteiger partial charge in [-0.25, -0.2) is 18.4 Å². The highest BCUT2D eigenvalue weighted by molar-refractivity contribution is 6.30. The second-order valence-electron chi connectivity index (χ2n) is 3.35. The maximum Gasteiger partial charge on any atom is 0.422 e. The topological polar surface area (TPSA) is 52.6 Å². The van der Waals surface area contributed by atoms with E-state index in [2.05, 4.69) is 9.47 Å². The first-order valence-electron chi connectivity index (χ1n) is 4.70. The maximum absolute atomic E-state index is 12.3. The Morgan fingerprint density at radius 1 is 1.18 bits per heavy atom. The number of halogens is 2. The molecule has 0 aliphatic heterocycles. The highest BCUT2D eigenvalue weighted by Gasteiger charge is 2.27. The number of rotatable bonds is 3. The molecule has 0 spiro atoms. The first-order valence-corrected chi connectivity index (χ1v) is 4.70. The molecule has 0 fully saturated rings. The summed E-state index contributed by atoms with van der Waals surface area (Å²) in [7, 11) is 0. The van der Waals surface area contributed by atoms with Crippen LogP contribution in [0.4, 0.5) is 8.78 Å². The molecule has 0 radical (unpaired) electrons. The van der Waals surface area contributed by atoms with Crippen LogP contribution in [0.5, 0.6) is 5.75 Å². The van der Waals surface area contributed by atoms with Gasteiger partial charge in [-0.2, -0.15) is 0 Å². The maximum atomic E-state index is 12.3. The normalized spacial score (nSPS) is 10.8. The van der Waals surface area contributed by atoms with Gasteiger partial charge in [0.2, 0.25) is 0 Å². The Bertz CT molecular complexity index is 398. The van der Waals surface area contributed by atoms with E-state index >= 15 is 0 Å². The zero-order valence-corrected chi connectivity index (χ0v) is 8.98. The smallest absolute Gasteiger partial charge is 0.422 e. The van der Waals surface area contributed by atoms with E-state index in [1.165, 1.54) is 12.1 Å². The van der Waals surface area contributed by atoms with Gasteiger partial charge in [0.1, 0.15) is 5.75 Å². The van der Waals surface area contributed by atoms with Gasteiger partial charge in [-0.05, 0) is 12.1 Å². The lowest BCUT2D eigenvalue weighted by Gasteiger charge is -2.10. The first-order chi connectivity index (χ1) is 7.88. The van der Waals surface area contributed by atoms with Crippen LogP contribution < -0.4 is 4.74 Å². The molecule has 0 saturated carbocycles. The van der Waals surface area contributed by atoms with Crippen LogP contribution in [0.2, 0.25) is 0 Å². The van der Waals surface area contributed by atoms with E-state index in [4.69, 9.17) is 0 Å². The van der Waals surface area contributed by atoms with Gasteiger partial charge in [-0.1, -0.05) is 18.2 Å².